The first-order valence-electron chi connectivity index (χ1n) is 5.56. The molecule has 0 heterocycles. The summed E-state index contributed by atoms with van der Waals surface area (Å²) in [5.41, 5.74) is 6.34. The van der Waals surface area contributed by atoms with Gasteiger partial charge in [-0.05, 0) is 5.92 Å². The van der Waals surface area contributed by atoms with Gasteiger partial charge in [-0.2, -0.15) is 8.78 Å². The number of benzene rings is 1. The first-order chi connectivity index (χ1) is 8.31. The lowest BCUT2D eigenvalue weighted by Gasteiger charge is -2.23. The molecule has 0 radical (unpaired) electrons. The molecular weight excluding hydrogens is 245 g/mol. The van der Waals surface area contributed by atoms with Crippen LogP contribution in [0.15, 0.2) is 12.1 Å². The van der Waals surface area contributed by atoms with Gasteiger partial charge in [0.15, 0.2) is 11.6 Å². The molecule has 0 aliphatic heterocycles. The maximum atomic E-state index is 13.4. The Morgan fingerprint density at radius 2 is 1.94 bits per heavy atom. The van der Waals surface area contributed by atoms with Crippen LogP contribution >= 0.6 is 0 Å². The van der Waals surface area contributed by atoms with Gasteiger partial charge in [0, 0.05) is 25.7 Å². The Morgan fingerprint density at radius 1 is 1.33 bits per heavy atom. The standard InChI is InChI=1S/C12H17F3N2O/c1-7(2)6-17(3)10-5-11(18-12(14)15)8(13)4-9(10)16/h4-5,7,12H,6,16H2,1-3H3. The van der Waals surface area contributed by atoms with Gasteiger partial charge in [0.2, 0.25) is 0 Å². The number of nitrogens with zero attached hydrogens (tertiary/aromatic N) is 1. The van der Waals surface area contributed by atoms with Crippen LogP contribution in [-0.2, 0) is 0 Å². The van der Waals surface area contributed by atoms with Crippen molar-refractivity contribution in [3.63, 3.8) is 0 Å². The van der Waals surface area contributed by atoms with E-state index in [-0.39, 0.29) is 5.69 Å². The van der Waals surface area contributed by atoms with Gasteiger partial charge in [0.05, 0.1) is 11.4 Å². The van der Waals surface area contributed by atoms with Crippen LogP contribution in [0.4, 0.5) is 24.5 Å². The molecule has 0 saturated carbocycles. The van der Waals surface area contributed by atoms with E-state index in [1.165, 1.54) is 6.07 Å². The van der Waals surface area contributed by atoms with Crippen molar-refractivity contribution in [1.82, 2.24) is 0 Å². The fourth-order valence-electron chi connectivity index (χ4n) is 1.72. The molecule has 102 valence electrons. The van der Waals surface area contributed by atoms with Gasteiger partial charge >= 0.3 is 6.61 Å². The maximum absolute atomic E-state index is 13.4. The minimum absolute atomic E-state index is 0.192. The molecule has 1 rings (SSSR count). The summed E-state index contributed by atoms with van der Waals surface area (Å²) in [6.45, 7) is 1.62. The summed E-state index contributed by atoms with van der Waals surface area (Å²) < 4.78 is 41.7. The number of ether oxygens (including phenoxy) is 1. The van der Waals surface area contributed by atoms with Crippen molar-refractivity contribution in [3.8, 4) is 5.75 Å². The average Bonchev–Trinajstić information content (AvgIpc) is 2.20. The third-order valence-electron chi connectivity index (χ3n) is 2.35. The first kappa shape index (κ1) is 14.5. The molecule has 1 aromatic rings. The average molecular weight is 262 g/mol. The molecule has 0 aromatic heterocycles. The van der Waals surface area contributed by atoms with Gasteiger partial charge in [0.25, 0.3) is 0 Å². The SMILES string of the molecule is CC(C)CN(C)c1cc(OC(F)F)c(F)cc1N. The van der Waals surface area contributed by atoms with Crippen LogP contribution in [0, 0.1) is 11.7 Å². The van der Waals surface area contributed by atoms with Crippen LogP contribution in [0.5, 0.6) is 5.75 Å². The number of rotatable bonds is 5. The number of halogens is 3. The van der Waals surface area contributed by atoms with Crippen molar-refractivity contribution in [3.05, 3.63) is 17.9 Å². The van der Waals surface area contributed by atoms with Crippen molar-refractivity contribution in [1.29, 1.82) is 0 Å². The lowest BCUT2D eigenvalue weighted by atomic mass is 10.1. The Labute approximate surface area is 104 Å². The van der Waals surface area contributed by atoms with Crippen molar-refractivity contribution >= 4 is 11.4 Å². The van der Waals surface area contributed by atoms with Gasteiger partial charge < -0.3 is 15.4 Å². The Kier molecular flexibility index (Phi) is 4.69. The molecule has 0 amide bonds. The van der Waals surface area contributed by atoms with E-state index in [9.17, 15) is 13.2 Å². The number of alkyl halides is 2. The van der Waals surface area contributed by atoms with Gasteiger partial charge in [-0.3, -0.25) is 0 Å². The van der Waals surface area contributed by atoms with Crippen LogP contribution in [0.2, 0.25) is 0 Å². The minimum atomic E-state index is -3.06. The van der Waals surface area contributed by atoms with E-state index in [4.69, 9.17) is 5.73 Å². The summed E-state index contributed by atoms with van der Waals surface area (Å²) in [5.74, 6) is -1.03. The fraction of sp³-hybridized carbons (Fsp3) is 0.500. The first-order valence-corrected chi connectivity index (χ1v) is 5.56. The zero-order valence-corrected chi connectivity index (χ0v) is 10.6. The highest BCUT2D eigenvalue weighted by molar-refractivity contribution is 5.69. The molecule has 18 heavy (non-hydrogen) atoms. The van der Waals surface area contributed by atoms with E-state index in [1.54, 1.807) is 11.9 Å². The quantitative estimate of drug-likeness (QED) is 0.829. The molecule has 3 nitrogen and oxygen atoms in total. The molecule has 0 unspecified atom stereocenters. The molecule has 6 heteroatoms. The molecule has 0 saturated heterocycles. The number of nitrogens with two attached hydrogens (primary N) is 1. The number of hydrogen-bond donors (Lipinski definition) is 1. The Hall–Kier alpha value is -1.59. The van der Waals surface area contributed by atoms with Crippen molar-refractivity contribution in [2.75, 3.05) is 24.2 Å². The molecule has 1 aromatic carbocycles. The highest BCUT2D eigenvalue weighted by atomic mass is 19.3. The highest BCUT2D eigenvalue weighted by Crippen LogP contribution is 2.31. The van der Waals surface area contributed by atoms with E-state index < -0.39 is 18.2 Å². The van der Waals surface area contributed by atoms with Crippen LogP contribution in [-0.4, -0.2) is 20.2 Å². The lowest BCUT2D eigenvalue weighted by Crippen LogP contribution is -2.23. The monoisotopic (exact) mass is 262 g/mol. The largest absolute Gasteiger partial charge is 0.432 e. The molecule has 0 aliphatic rings. The van der Waals surface area contributed by atoms with E-state index in [0.29, 0.717) is 18.2 Å². The van der Waals surface area contributed by atoms with E-state index >= 15 is 0 Å². The number of hydrogen-bond acceptors (Lipinski definition) is 3. The predicted molar refractivity (Wildman–Crippen MR) is 65.6 cm³/mol. The summed E-state index contributed by atoms with van der Waals surface area (Å²) in [7, 11) is 1.76. The van der Waals surface area contributed by atoms with Crippen LogP contribution in [0.3, 0.4) is 0 Å². The van der Waals surface area contributed by atoms with Gasteiger partial charge in [-0.1, -0.05) is 13.8 Å². The van der Waals surface area contributed by atoms with Gasteiger partial charge in [-0.25, -0.2) is 4.39 Å². The molecule has 0 atom stereocenters. The number of nitrogen functional groups attached to an aromatic ring is 1. The Balaban J connectivity index is 3.04. The summed E-state index contributed by atoms with van der Waals surface area (Å²) >= 11 is 0. The van der Waals surface area contributed by atoms with E-state index in [1.807, 2.05) is 13.8 Å². The Bertz CT molecular complexity index is 411. The molecule has 0 bridgehead atoms. The van der Waals surface area contributed by atoms with Gasteiger partial charge in [-0.15, -0.1) is 0 Å². The minimum Gasteiger partial charge on any atom is -0.432 e. The molecule has 0 spiro atoms. The van der Waals surface area contributed by atoms with Crippen molar-refractivity contribution in [2.45, 2.75) is 20.5 Å². The second-order valence-electron chi connectivity index (χ2n) is 4.49. The lowest BCUT2D eigenvalue weighted by molar-refractivity contribution is -0.0521. The molecular formula is C12H17F3N2O. The third-order valence-corrected chi connectivity index (χ3v) is 2.35. The van der Waals surface area contributed by atoms with Gasteiger partial charge in [0.1, 0.15) is 0 Å². The van der Waals surface area contributed by atoms with Crippen LogP contribution in [0.1, 0.15) is 13.8 Å². The third kappa shape index (κ3) is 3.72. The van der Waals surface area contributed by atoms with Crippen LogP contribution in [0.25, 0.3) is 0 Å². The number of anilines is 2. The maximum Gasteiger partial charge on any atom is 0.387 e. The normalized spacial score (nSPS) is 11.1. The zero-order valence-electron chi connectivity index (χ0n) is 10.6. The smallest absolute Gasteiger partial charge is 0.387 e. The van der Waals surface area contributed by atoms with Crippen molar-refractivity contribution in [2.24, 2.45) is 5.92 Å². The summed E-state index contributed by atoms with van der Waals surface area (Å²) in [4.78, 5) is 1.78. The Morgan fingerprint density at radius 3 is 2.44 bits per heavy atom. The summed E-state index contributed by atoms with van der Waals surface area (Å²) in [6.07, 6.45) is 0. The highest BCUT2D eigenvalue weighted by Gasteiger charge is 2.15. The molecule has 0 aliphatic carbocycles. The van der Waals surface area contributed by atoms with Crippen LogP contribution < -0.4 is 15.4 Å². The fourth-order valence-corrected chi connectivity index (χ4v) is 1.72. The van der Waals surface area contributed by atoms with Crippen molar-refractivity contribution < 1.29 is 17.9 Å². The summed E-state index contributed by atoms with van der Waals surface area (Å²) in [6, 6.07) is 2.18. The van der Waals surface area contributed by atoms with E-state index in [2.05, 4.69) is 4.74 Å². The van der Waals surface area contributed by atoms with E-state index in [0.717, 1.165) is 6.07 Å². The summed E-state index contributed by atoms with van der Waals surface area (Å²) in [5, 5.41) is 0. The molecule has 0 fully saturated rings. The second-order valence-corrected chi connectivity index (χ2v) is 4.49. The second kappa shape index (κ2) is 5.84. The topological polar surface area (TPSA) is 38.5 Å². The predicted octanol–water partition coefficient (Wildman–Crippen LogP) is 3.10. The molecule has 2 N–H and O–H groups in total. The zero-order chi connectivity index (χ0) is 13.9.